The van der Waals surface area contributed by atoms with Gasteiger partial charge in [-0.05, 0) is 24.9 Å². The van der Waals surface area contributed by atoms with Gasteiger partial charge in [0.15, 0.2) is 0 Å². The number of hydrogen-bond acceptors (Lipinski definition) is 4. The Hall–Kier alpha value is -0.910. The number of aryl methyl sites for hydroxylation is 1. The highest BCUT2D eigenvalue weighted by Crippen LogP contribution is 2.27. The zero-order chi connectivity index (χ0) is 13.5. The van der Waals surface area contributed by atoms with Crippen LogP contribution in [0.4, 0.5) is 0 Å². The van der Waals surface area contributed by atoms with E-state index in [4.69, 9.17) is 10.5 Å². The molecule has 1 heterocycles. The Bertz CT molecular complexity index is 339. The van der Waals surface area contributed by atoms with Crippen LogP contribution in [0.15, 0.2) is 12.3 Å². The topological polar surface area (TPSA) is 73.3 Å². The van der Waals surface area contributed by atoms with Crippen LogP contribution in [0.5, 0.6) is 0 Å². The molecule has 5 nitrogen and oxygen atoms in total. The molecule has 2 atom stereocenters. The van der Waals surface area contributed by atoms with Crippen LogP contribution in [-0.2, 0) is 11.3 Å². The lowest BCUT2D eigenvalue weighted by atomic mass is 9.88. The van der Waals surface area contributed by atoms with Crippen LogP contribution in [0.1, 0.15) is 32.1 Å². The van der Waals surface area contributed by atoms with Gasteiger partial charge in [0.25, 0.3) is 0 Å². The molecule has 3 N–H and O–H groups in total. The van der Waals surface area contributed by atoms with E-state index < -0.39 is 6.10 Å². The SMILES string of the molecule is COCCCn1nccc1C(O)C(CN)C(C)C. The quantitative estimate of drug-likeness (QED) is 0.684. The Morgan fingerprint density at radius 2 is 2.22 bits per heavy atom. The molecule has 0 amide bonds. The summed E-state index contributed by atoms with van der Waals surface area (Å²) in [6, 6.07) is 1.86. The number of aliphatic hydroxyl groups excluding tert-OH is 1. The predicted molar refractivity (Wildman–Crippen MR) is 71.1 cm³/mol. The fourth-order valence-electron chi connectivity index (χ4n) is 2.12. The van der Waals surface area contributed by atoms with Gasteiger partial charge in [0, 0.05) is 32.4 Å². The van der Waals surface area contributed by atoms with Crippen LogP contribution in [-0.4, -0.2) is 35.1 Å². The van der Waals surface area contributed by atoms with Gasteiger partial charge in [-0.3, -0.25) is 4.68 Å². The van der Waals surface area contributed by atoms with Gasteiger partial charge in [-0.2, -0.15) is 5.10 Å². The van der Waals surface area contributed by atoms with Crippen molar-refractivity contribution in [3.63, 3.8) is 0 Å². The van der Waals surface area contributed by atoms with E-state index in [0.29, 0.717) is 19.1 Å². The van der Waals surface area contributed by atoms with E-state index in [-0.39, 0.29) is 5.92 Å². The highest BCUT2D eigenvalue weighted by molar-refractivity contribution is 5.06. The lowest BCUT2D eigenvalue weighted by molar-refractivity contribution is 0.0770. The fourth-order valence-corrected chi connectivity index (χ4v) is 2.12. The van der Waals surface area contributed by atoms with E-state index in [9.17, 15) is 5.11 Å². The normalized spacial score (nSPS) is 15.0. The second kappa shape index (κ2) is 7.51. The van der Waals surface area contributed by atoms with E-state index in [1.807, 2.05) is 10.7 Å². The molecule has 0 aliphatic rings. The van der Waals surface area contributed by atoms with Crippen molar-refractivity contribution in [2.45, 2.75) is 32.9 Å². The summed E-state index contributed by atoms with van der Waals surface area (Å²) in [5.74, 6) is 0.398. The number of nitrogens with two attached hydrogens (primary N) is 1. The lowest BCUT2D eigenvalue weighted by Crippen LogP contribution is -2.28. The Morgan fingerprint density at radius 3 is 2.78 bits per heavy atom. The summed E-state index contributed by atoms with van der Waals surface area (Å²) in [7, 11) is 1.68. The molecule has 0 saturated heterocycles. The number of nitrogens with zero attached hydrogens (tertiary/aromatic N) is 2. The zero-order valence-electron chi connectivity index (χ0n) is 11.5. The number of ether oxygens (including phenoxy) is 1. The molecule has 2 unspecified atom stereocenters. The van der Waals surface area contributed by atoms with E-state index in [2.05, 4.69) is 18.9 Å². The maximum Gasteiger partial charge on any atom is 0.0999 e. The van der Waals surface area contributed by atoms with Crippen LogP contribution >= 0.6 is 0 Å². The first kappa shape index (κ1) is 15.1. The van der Waals surface area contributed by atoms with Gasteiger partial charge in [-0.25, -0.2) is 0 Å². The Kier molecular flexibility index (Phi) is 6.32. The standard InChI is InChI=1S/C13H25N3O2/c1-10(2)11(9-14)13(17)12-5-6-15-16(12)7-4-8-18-3/h5-6,10-11,13,17H,4,7-9,14H2,1-3H3. The molecule has 0 aliphatic heterocycles. The maximum atomic E-state index is 10.4. The van der Waals surface area contributed by atoms with Gasteiger partial charge >= 0.3 is 0 Å². The minimum Gasteiger partial charge on any atom is -0.386 e. The molecule has 1 rings (SSSR count). The second-order valence-electron chi connectivity index (χ2n) is 4.91. The molecule has 104 valence electrons. The summed E-state index contributed by atoms with van der Waals surface area (Å²) in [5.41, 5.74) is 6.59. The number of aliphatic hydroxyl groups is 1. The van der Waals surface area contributed by atoms with Gasteiger partial charge < -0.3 is 15.6 Å². The van der Waals surface area contributed by atoms with Crippen LogP contribution in [0.25, 0.3) is 0 Å². The molecule has 0 bridgehead atoms. The first-order valence-corrected chi connectivity index (χ1v) is 6.50. The van der Waals surface area contributed by atoms with E-state index >= 15 is 0 Å². The first-order chi connectivity index (χ1) is 8.61. The Labute approximate surface area is 109 Å². The third kappa shape index (κ3) is 3.80. The van der Waals surface area contributed by atoms with Gasteiger partial charge in [0.05, 0.1) is 11.8 Å². The highest BCUT2D eigenvalue weighted by atomic mass is 16.5. The smallest absolute Gasteiger partial charge is 0.0999 e. The molecule has 0 radical (unpaired) electrons. The first-order valence-electron chi connectivity index (χ1n) is 6.50. The number of aromatic nitrogens is 2. The predicted octanol–water partition coefficient (Wildman–Crippen LogP) is 1.18. The van der Waals surface area contributed by atoms with Gasteiger partial charge in [0.2, 0.25) is 0 Å². The molecule has 0 fully saturated rings. The summed E-state index contributed by atoms with van der Waals surface area (Å²) in [6.07, 6.45) is 2.05. The zero-order valence-corrected chi connectivity index (χ0v) is 11.5. The number of rotatable bonds is 8. The molecule has 0 spiro atoms. The lowest BCUT2D eigenvalue weighted by Gasteiger charge is -2.25. The number of methoxy groups -OCH3 is 1. The van der Waals surface area contributed by atoms with Crippen molar-refractivity contribution in [3.05, 3.63) is 18.0 Å². The van der Waals surface area contributed by atoms with E-state index in [0.717, 1.165) is 18.7 Å². The molecule has 18 heavy (non-hydrogen) atoms. The molecule has 1 aromatic heterocycles. The largest absolute Gasteiger partial charge is 0.386 e. The third-order valence-corrected chi connectivity index (χ3v) is 3.30. The van der Waals surface area contributed by atoms with Crippen molar-refractivity contribution in [2.75, 3.05) is 20.3 Å². The monoisotopic (exact) mass is 255 g/mol. The van der Waals surface area contributed by atoms with Crippen molar-refractivity contribution < 1.29 is 9.84 Å². The van der Waals surface area contributed by atoms with Crippen molar-refractivity contribution in [2.24, 2.45) is 17.6 Å². The third-order valence-electron chi connectivity index (χ3n) is 3.30. The van der Waals surface area contributed by atoms with Crippen LogP contribution in [0.3, 0.4) is 0 Å². The molecule has 0 aliphatic carbocycles. The Morgan fingerprint density at radius 1 is 1.50 bits per heavy atom. The average Bonchev–Trinajstić information content (AvgIpc) is 2.78. The van der Waals surface area contributed by atoms with Crippen molar-refractivity contribution in [3.8, 4) is 0 Å². The molecule has 0 aromatic carbocycles. The highest BCUT2D eigenvalue weighted by Gasteiger charge is 2.25. The minimum absolute atomic E-state index is 0.0582. The molecular weight excluding hydrogens is 230 g/mol. The van der Waals surface area contributed by atoms with Crippen LogP contribution < -0.4 is 5.73 Å². The summed E-state index contributed by atoms with van der Waals surface area (Å²) in [4.78, 5) is 0. The summed E-state index contributed by atoms with van der Waals surface area (Å²) < 4.78 is 6.87. The summed E-state index contributed by atoms with van der Waals surface area (Å²) in [6.45, 7) is 6.07. The molecular formula is C13H25N3O2. The number of hydrogen-bond donors (Lipinski definition) is 2. The minimum atomic E-state index is -0.556. The molecule has 0 saturated carbocycles. The van der Waals surface area contributed by atoms with Crippen molar-refractivity contribution >= 4 is 0 Å². The van der Waals surface area contributed by atoms with E-state index in [1.165, 1.54) is 0 Å². The van der Waals surface area contributed by atoms with Crippen LogP contribution in [0, 0.1) is 11.8 Å². The van der Waals surface area contributed by atoms with Gasteiger partial charge in [-0.15, -0.1) is 0 Å². The maximum absolute atomic E-state index is 10.4. The molecule has 5 heteroatoms. The van der Waals surface area contributed by atoms with Crippen molar-refractivity contribution in [1.29, 1.82) is 0 Å². The van der Waals surface area contributed by atoms with Gasteiger partial charge in [0.1, 0.15) is 0 Å². The van der Waals surface area contributed by atoms with Crippen LogP contribution in [0.2, 0.25) is 0 Å². The summed E-state index contributed by atoms with van der Waals surface area (Å²) >= 11 is 0. The van der Waals surface area contributed by atoms with Crippen molar-refractivity contribution in [1.82, 2.24) is 9.78 Å². The molecule has 1 aromatic rings. The van der Waals surface area contributed by atoms with Gasteiger partial charge in [-0.1, -0.05) is 13.8 Å². The second-order valence-corrected chi connectivity index (χ2v) is 4.91. The fraction of sp³-hybridized carbons (Fsp3) is 0.769. The summed E-state index contributed by atoms with van der Waals surface area (Å²) in [5, 5.41) is 14.7. The van der Waals surface area contributed by atoms with E-state index in [1.54, 1.807) is 13.3 Å². The Balaban J connectivity index is 2.72. The average molecular weight is 255 g/mol.